The Morgan fingerprint density at radius 2 is 1.89 bits per heavy atom. The summed E-state index contributed by atoms with van der Waals surface area (Å²) in [6, 6.07) is 3.58. The Labute approximate surface area is 113 Å². The molecule has 0 spiro atoms. The summed E-state index contributed by atoms with van der Waals surface area (Å²) in [7, 11) is -3.89. The van der Waals surface area contributed by atoms with Crippen LogP contribution in [0, 0.1) is 11.3 Å². The number of rotatable bonds is 4. The highest BCUT2D eigenvalue weighted by molar-refractivity contribution is 7.92. The van der Waals surface area contributed by atoms with Crippen LogP contribution in [0.1, 0.15) is 10.4 Å². The van der Waals surface area contributed by atoms with Crippen molar-refractivity contribution < 1.29 is 18.3 Å². The maximum absolute atomic E-state index is 11.4. The Morgan fingerprint density at radius 1 is 1.39 bits per heavy atom. The average Bonchev–Trinajstić information content (AvgIpc) is 2.22. The normalized spacial score (nSPS) is 10.7. The van der Waals surface area contributed by atoms with Gasteiger partial charge in [0.15, 0.2) is 5.75 Å². The third-order valence-electron chi connectivity index (χ3n) is 1.80. The van der Waals surface area contributed by atoms with E-state index in [0.717, 1.165) is 12.1 Å². The summed E-state index contributed by atoms with van der Waals surface area (Å²) in [6.45, 7) is 0. The monoisotopic (exact) mass is 308 g/mol. The fourth-order valence-corrected chi connectivity index (χ4v) is 2.54. The number of carboxylic acids is 1. The molecule has 0 unspecified atom stereocenters. The van der Waals surface area contributed by atoms with Crippen LogP contribution in [0.25, 0.3) is 0 Å². The zero-order valence-corrected chi connectivity index (χ0v) is 11.0. The first-order valence-corrected chi connectivity index (χ1v) is 6.77. The number of carboxylic acid groups (broad SMARTS) is 1. The molecule has 0 radical (unpaired) electrons. The Kier molecular flexibility index (Phi) is 4.40. The van der Waals surface area contributed by atoms with Gasteiger partial charge in [-0.1, -0.05) is 23.2 Å². The molecule has 1 rings (SSSR count). The average molecular weight is 309 g/mol. The molecule has 0 amide bonds. The van der Waals surface area contributed by atoms with Crippen LogP contribution in [-0.4, -0.2) is 25.2 Å². The number of nitrogens with zero attached hydrogens (tertiary/aromatic N) is 1. The maximum Gasteiger partial charge on any atom is 0.335 e. The van der Waals surface area contributed by atoms with E-state index in [0.29, 0.717) is 0 Å². The summed E-state index contributed by atoms with van der Waals surface area (Å²) in [4.78, 5) is 10.7. The van der Waals surface area contributed by atoms with Crippen molar-refractivity contribution in [1.29, 1.82) is 5.26 Å². The van der Waals surface area contributed by atoms with Gasteiger partial charge in [-0.15, -0.1) is 0 Å². The van der Waals surface area contributed by atoms with E-state index in [1.54, 1.807) is 0 Å². The second kappa shape index (κ2) is 5.44. The highest BCUT2D eigenvalue weighted by atomic mass is 35.5. The summed E-state index contributed by atoms with van der Waals surface area (Å²) in [5.74, 6) is -2.01. The van der Waals surface area contributed by atoms with Gasteiger partial charge in [0.25, 0.3) is 0 Å². The number of aromatic carboxylic acids is 1. The van der Waals surface area contributed by atoms with Crippen molar-refractivity contribution in [2.75, 3.05) is 10.5 Å². The Morgan fingerprint density at radius 3 is 2.28 bits per heavy atom. The van der Waals surface area contributed by atoms with Gasteiger partial charge in [0.1, 0.15) is 0 Å². The molecular formula is C9H6Cl2N2O4S. The lowest BCUT2D eigenvalue weighted by atomic mass is 10.2. The minimum atomic E-state index is -3.89. The number of carbonyl (C=O) groups is 1. The van der Waals surface area contributed by atoms with Crippen LogP contribution in [0.5, 0.6) is 0 Å². The molecule has 96 valence electrons. The zero-order chi connectivity index (χ0) is 13.9. The van der Waals surface area contributed by atoms with E-state index in [2.05, 4.69) is 0 Å². The third-order valence-corrected chi connectivity index (χ3v) is 3.42. The van der Waals surface area contributed by atoms with Crippen molar-refractivity contribution in [2.24, 2.45) is 0 Å². The summed E-state index contributed by atoms with van der Waals surface area (Å²) in [5, 5.41) is 16.7. The molecule has 2 N–H and O–H groups in total. The number of anilines is 1. The van der Waals surface area contributed by atoms with Crippen molar-refractivity contribution in [2.45, 2.75) is 0 Å². The quantitative estimate of drug-likeness (QED) is 0.884. The Hall–Kier alpha value is -1.49. The van der Waals surface area contributed by atoms with Gasteiger partial charge >= 0.3 is 5.97 Å². The van der Waals surface area contributed by atoms with Crippen molar-refractivity contribution in [3.63, 3.8) is 0 Å². The van der Waals surface area contributed by atoms with Gasteiger partial charge in [0, 0.05) is 0 Å². The van der Waals surface area contributed by atoms with Gasteiger partial charge in [-0.05, 0) is 12.1 Å². The van der Waals surface area contributed by atoms with Crippen LogP contribution < -0.4 is 4.72 Å². The smallest absolute Gasteiger partial charge is 0.335 e. The van der Waals surface area contributed by atoms with Crippen molar-refractivity contribution >= 4 is 44.9 Å². The molecule has 0 aliphatic rings. The third kappa shape index (κ3) is 3.50. The minimum Gasteiger partial charge on any atom is -0.478 e. The number of hydrogen-bond acceptors (Lipinski definition) is 4. The number of sulfonamides is 1. The lowest BCUT2D eigenvalue weighted by Crippen LogP contribution is -2.16. The van der Waals surface area contributed by atoms with Gasteiger partial charge in [0.05, 0.1) is 27.4 Å². The summed E-state index contributed by atoms with van der Waals surface area (Å²) in [6.07, 6.45) is 0. The minimum absolute atomic E-state index is 0.154. The first-order chi connectivity index (χ1) is 8.26. The van der Waals surface area contributed by atoms with E-state index in [9.17, 15) is 13.2 Å². The first-order valence-electron chi connectivity index (χ1n) is 4.36. The molecule has 0 aromatic heterocycles. The van der Waals surface area contributed by atoms with Gasteiger partial charge < -0.3 is 5.11 Å². The highest BCUT2D eigenvalue weighted by Crippen LogP contribution is 2.32. The SMILES string of the molecule is N#CCS(=O)(=O)Nc1c(Cl)cc(C(=O)O)cc1Cl. The predicted molar refractivity (Wildman–Crippen MR) is 66.4 cm³/mol. The fourth-order valence-electron chi connectivity index (χ4n) is 1.07. The van der Waals surface area contributed by atoms with Crippen LogP contribution in [-0.2, 0) is 10.0 Å². The molecule has 0 fully saturated rings. The fraction of sp³-hybridized carbons (Fsp3) is 0.111. The van der Waals surface area contributed by atoms with E-state index < -0.39 is 21.7 Å². The van der Waals surface area contributed by atoms with E-state index >= 15 is 0 Å². The van der Waals surface area contributed by atoms with Crippen LogP contribution >= 0.6 is 23.2 Å². The topological polar surface area (TPSA) is 107 Å². The molecule has 0 heterocycles. The van der Waals surface area contributed by atoms with Gasteiger partial charge in [-0.25, -0.2) is 13.2 Å². The maximum atomic E-state index is 11.4. The second-order valence-corrected chi connectivity index (χ2v) is 5.68. The van der Waals surface area contributed by atoms with Gasteiger partial charge in [-0.2, -0.15) is 5.26 Å². The van der Waals surface area contributed by atoms with Gasteiger partial charge in [0.2, 0.25) is 10.0 Å². The summed E-state index contributed by atoms with van der Waals surface area (Å²) in [5.41, 5.74) is -0.327. The number of halogens is 2. The molecule has 9 heteroatoms. The second-order valence-electron chi connectivity index (χ2n) is 3.14. The molecule has 0 saturated heterocycles. The largest absolute Gasteiger partial charge is 0.478 e. The molecular weight excluding hydrogens is 303 g/mol. The lowest BCUT2D eigenvalue weighted by molar-refractivity contribution is 0.0697. The lowest BCUT2D eigenvalue weighted by Gasteiger charge is -2.10. The zero-order valence-electron chi connectivity index (χ0n) is 8.65. The molecule has 0 aliphatic carbocycles. The van der Waals surface area contributed by atoms with Crippen molar-refractivity contribution in [3.05, 3.63) is 27.7 Å². The molecule has 0 bridgehead atoms. The molecule has 0 saturated carbocycles. The van der Waals surface area contributed by atoms with E-state index in [1.807, 2.05) is 4.72 Å². The van der Waals surface area contributed by atoms with Crippen molar-refractivity contribution in [1.82, 2.24) is 0 Å². The van der Waals surface area contributed by atoms with Crippen LogP contribution in [0.2, 0.25) is 10.0 Å². The van der Waals surface area contributed by atoms with Crippen LogP contribution in [0.15, 0.2) is 12.1 Å². The molecule has 6 nitrogen and oxygen atoms in total. The Balaban J connectivity index is 3.21. The highest BCUT2D eigenvalue weighted by Gasteiger charge is 2.17. The van der Waals surface area contributed by atoms with Crippen LogP contribution in [0.3, 0.4) is 0 Å². The molecule has 1 aromatic carbocycles. The van der Waals surface area contributed by atoms with Crippen molar-refractivity contribution in [3.8, 4) is 6.07 Å². The molecule has 0 atom stereocenters. The van der Waals surface area contributed by atoms with E-state index in [1.165, 1.54) is 6.07 Å². The molecule has 18 heavy (non-hydrogen) atoms. The van der Waals surface area contributed by atoms with E-state index in [-0.39, 0.29) is 21.3 Å². The first kappa shape index (κ1) is 14.6. The predicted octanol–water partition coefficient (Wildman–Crippen LogP) is 1.96. The summed E-state index contributed by atoms with van der Waals surface area (Å²) < 4.78 is 24.7. The summed E-state index contributed by atoms with van der Waals surface area (Å²) >= 11 is 11.5. The standard InChI is InChI=1S/C9H6Cl2N2O4S/c10-6-3-5(9(14)15)4-7(11)8(6)13-18(16,17)2-1-12/h3-4,13H,2H2,(H,14,15). The number of hydrogen-bond donors (Lipinski definition) is 2. The number of nitriles is 1. The molecule has 0 aliphatic heterocycles. The van der Waals surface area contributed by atoms with Crippen LogP contribution in [0.4, 0.5) is 5.69 Å². The van der Waals surface area contributed by atoms with Gasteiger partial charge in [-0.3, -0.25) is 4.72 Å². The Bertz CT molecular complexity index is 613. The van der Waals surface area contributed by atoms with E-state index in [4.69, 9.17) is 33.6 Å². The molecule has 1 aromatic rings. The number of nitrogens with one attached hydrogen (secondary N) is 1. The number of benzene rings is 1.